The van der Waals surface area contributed by atoms with E-state index in [9.17, 15) is 19.5 Å². The largest absolute Gasteiger partial charge is 0.394 e. The van der Waals surface area contributed by atoms with Crippen molar-refractivity contribution >= 4 is 17.7 Å². The number of aliphatic hydroxyl groups is 1. The average molecular weight is 502 g/mol. The number of hydrogen-bond donors (Lipinski definition) is 1. The standard InChI is InChI=1S/C28H43N3O5/c1-7-14-29(6)24(33)21-22-25(34)31(19(4)17-32)23(28(22)16-18(3)27(21,5)36-28)26(35)30(15-8-2)20-12-10-9-11-13-20/h7-8,18-23,32H,1-2,9-17H2,3-6H3/t18?,19-,21-,22+,23?,27+,28?/m1/s1. The molecule has 1 spiro atoms. The van der Waals surface area contributed by atoms with Crippen LogP contribution in [0, 0.1) is 17.8 Å². The molecular weight excluding hydrogens is 458 g/mol. The van der Waals surface area contributed by atoms with E-state index >= 15 is 0 Å². The summed E-state index contributed by atoms with van der Waals surface area (Å²) in [5.41, 5.74) is -1.96. The summed E-state index contributed by atoms with van der Waals surface area (Å²) in [7, 11) is 1.71. The molecule has 0 aromatic carbocycles. The van der Waals surface area contributed by atoms with Crippen molar-refractivity contribution in [2.45, 2.75) is 88.6 Å². The molecule has 200 valence electrons. The highest BCUT2D eigenvalue weighted by atomic mass is 16.5. The van der Waals surface area contributed by atoms with E-state index in [0.717, 1.165) is 32.1 Å². The lowest BCUT2D eigenvalue weighted by Gasteiger charge is -2.42. The molecule has 8 nitrogen and oxygen atoms in total. The van der Waals surface area contributed by atoms with Crippen LogP contribution in [-0.2, 0) is 19.1 Å². The van der Waals surface area contributed by atoms with Crippen molar-refractivity contribution in [2.24, 2.45) is 17.8 Å². The zero-order valence-electron chi connectivity index (χ0n) is 22.3. The van der Waals surface area contributed by atoms with Gasteiger partial charge in [0, 0.05) is 26.2 Å². The molecular formula is C28H43N3O5. The Bertz CT molecular complexity index is 917. The highest BCUT2D eigenvalue weighted by Gasteiger charge is 2.80. The lowest BCUT2D eigenvalue weighted by atomic mass is 9.62. The molecule has 3 unspecified atom stereocenters. The number of fused-ring (bicyclic) bond motifs is 1. The summed E-state index contributed by atoms with van der Waals surface area (Å²) < 4.78 is 6.80. The second-order valence-corrected chi connectivity index (χ2v) is 11.6. The molecule has 0 aromatic heterocycles. The van der Waals surface area contributed by atoms with Gasteiger partial charge in [0.05, 0.1) is 30.1 Å². The quantitative estimate of drug-likeness (QED) is 0.490. The third-order valence-corrected chi connectivity index (χ3v) is 9.40. The molecule has 4 aliphatic rings. The van der Waals surface area contributed by atoms with E-state index < -0.39 is 35.1 Å². The molecule has 3 heterocycles. The SMILES string of the molecule is C=CCN(C)C(=O)[C@H]1[C@H]2C(=O)N([C@H](C)CO)C(C(=O)N(CC=C)C3CCCCC3)C23CC(C)[C@]1(C)O3. The molecule has 0 aromatic rings. The second-order valence-electron chi connectivity index (χ2n) is 11.6. The highest BCUT2D eigenvalue weighted by molar-refractivity contribution is 5.99. The summed E-state index contributed by atoms with van der Waals surface area (Å²) in [6.45, 7) is 13.9. The Morgan fingerprint density at radius 1 is 1.19 bits per heavy atom. The fraction of sp³-hybridized carbons (Fsp3) is 0.750. The molecule has 3 saturated heterocycles. The monoisotopic (exact) mass is 501 g/mol. The molecule has 4 rings (SSSR count). The minimum absolute atomic E-state index is 0.0187. The minimum Gasteiger partial charge on any atom is -0.394 e. The number of carbonyl (C=O) groups excluding carboxylic acids is 3. The van der Waals surface area contributed by atoms with Gasteiger partial charge >= 0.3 is 0 Å². The van der Waals surface area contributed by atoms with Crippen LogP contribution < -0.4 is 0 Å². The predicted molar refractivity (Wildman–Crippen MR) is 137 cm³/mol. The summed E-state index contributed by atoms with van der Waals surface area (Å²) in [6.07, 6.45) is 9.07. The van der Waals surface area contributed by atoms with Crippen LogP contribution in [0.4, 0.5) is 0 Å². The van der Waals surface area contributed by atoms with Crippen molar-refractivity contribution in [3.63, 3.8) is 0 Å². The van der Waals surface area contributed by atoms with Crippen LogP contribution >= 0.6 is 0 Å². The maximum absolute atomic E-state index is 14.5. The predicted octanol–water partition coefficient (Wildman–Crippen LogP) is 2.37. The van der Waals surface area contributed by atoms with Gasteiger partial charge in [-0.15, -0.1) is 13.2 Å². The molecule has 2 bridgehead atoms. The van der Waals surface area contributed by atoms with E-state index in [1.807, 2.05) is 18.7 Å². The third-order valence-electron chi connectivity index (χ3n) is 9.40. The third kappa shape index (κ3) is 3.83. The van der Waals surface area contributed by atoms with Crippen LogP contribution in [0.3, 0.4) is 0 Å². The first-order valence-corrected chi connectivity index (χ1v) is 13.5. The van der Waals surface area contributed by atoms with Crippen molar-refractivity contribution in [1.29, 1.82) is 0 Å². The van der Waals surface area contributed by atoms with Gasteiger partial charge in [0.1, 0.15) is 11.6 Å². The Balaban J connectivity index is 1.81. The highest BCUT2D eigenvalue weighted by Crippen LogP contribution is 2.65. The maximum atomic E-state index is 14.5. The number of ether oxygens (including phenoxy) is 1. The number of amides is 3. The Labute approximate surface area is 215 Å². The Morgan fingerprint density at radius 3 is 2.42 bits per heavy atom. The van der Waals surface area contributed by atoms with E-state index in [4.69, 9.17) is 4.74 Å². The number of carbonyl (C=O) groups is 3. The van der Waals surface area contributed by atoms with Crippen LogP contribution in [0.15, 0.2) is 25.3 Å². The molecule has 8 heteroatoms. The summed E-state index contributed by atoms with van der Waals surface area (Å²) in [5.74, 6) is -2.07. The Morgan fingerprint density at radius 2 is 1.83 bits per heavy atom. The molecule has 36 heavy (non-hydrogen) atoms. The van der Waals surface area contributed by atoms with Crippen LogP contribution in [0.25, 0.3) is 0 Å². The summed E-state index contributed by atoms with van der Waals surface area (Å²) in [4.78, 5) is 47.4. The molecule has 0 radical (unpaired) electrons. The lowest BCUT2D eigenvalue weighted by molar-refractivity contribution is -0.158. The van der Waals surface area contributed by atoms with E-state index in [1.165, 1.54) is 4.90 Å². The smallest absolute Gasteiger partial charge is 0.248 e. The van der Waals surface area contributed by atoms with Gasteiger partial charge in [-0.3, -0.25) is 14.4 Å². The zero-order chi connectivity index (χ0) is 26.4. The van der Waals surface area contributed by atoms with Gasteiger partial charge in [0.25, 0.3) is 0 Å². The van der Waals surface area contributed by atoms with E-state index in [-0.39, 0.29) is 36.3 Å². The van der Waals surface area contributed by atoms with E-state index in [1.54, 1.807) is 31.0 Å². The van der Waals surface area contributed by atoms with Crippen LogP contribution in [0.1, 0.15) is 59.3 Å². The van der Waals surface area contributed by atoms with Gasteiger partial charge < -0.3 is 24.5 Å². The number of aliphatic hydroxyl groups excluding tert-OH is 1. The number of likely N-dealkylation sites (tertiary alicyclic amines) is 1. The number of likely N-dealkylation sites (N-methyl/N-ethyl adjacent to an activating group) is 1. The fourth-order valence-corrected chi connectivity index (χ4v) is 7.52. The van der Waals surface area contributed by atoms with Crippen molar-refractivity contribution < 1.29 is 24.2 Å². The average Bonchev–Trinajstić information content (AvgIpc) is 3.38. The van der Waals surface area contributed by atoms with Crippen molar-refractivity contribution in [3.8, 4) is 0 Å². The normalized spacial score (nSPS) is 36.5. The van der Waals surface area contributed by atoms with Crippen LogP contribution in [0.5, 0.6) is 0 Å². The summed E-state index contributed by atoms with van der Waals surface area (Å²) >= 11 is 0. The van der Waals surface area contributed by atoms with Gasteiger partial charge in [-0.25, -0.2) is 0 Å². The molecule has 1 N–H and O–H groups in total. The fourth-order valence-electron chi connectivity index (χ4n) is 7.52. The summed E-state index contributed by atoms with van der Waals surface area (Å²) in [6, 6.07) is -1.37. The van der Waals surface area contributed by atoms with Gasteiger partial charge in [0.2, 0.25) is 17.7 Å². The van der Waals surface area contributed by atoms with Gasteiger partial charge in [0.15, 0.2) is 0 Å². The van der Waals surface area contributed by atoms with E-state index in [0.29, 0.717) is 19.5 Å². The molecule has 7 atom stereocenters. The Hall–Kier alpha value is -2.19. The molecule has 3 aliphatic heterocycles. The zero-order valence-corrected chi connectivity index (χ0v) is 22.3. The van der Waals surface area contributed by atoms with E-state index in [2.05, 4.69) is 13.2 Å². The first-order chi connectivity index (χ1) is 17.1. The van der Waals surface area contributed by atoms with Crippen molar-refractivity contribution in [1.82, 2.24) is 14.7 Å². The lowest BCUT2D eigenvalue weighted by Crippen LogP contribution is -2.60. The van der Waals surface area contributed by atoms with Gasteiger partial charge in [-0.2, -0.15) is 0 Å². The van der Waals surface area contributed by atoms with Crippen LogP contribution in [-0.4, -0.2) is 93.6 Å². The topological polar surface area (TPSA) is 90.4 Å². The van der Waals surface area contributed by atoms with Crippen LogP contribution in [0.2, 0.25) is 0 Å². The summed E-state index contributed by atoms with van der Waals surface area (Å²) in [5, 5.41) is 10.1. The minimum atomic E-state index is -1.10. The number of rotatable bonds is 9. The molecule has 1 saturated carbocycles. The number of hydrogen-bond acceptors (Lipinski definition) is 5. The second kappa shape index (κ2) is 9.93. The molecule has 4 fully saturated rings. The molecule has 3 amide bonds. The Kier molecular flexibility index (Phi) is 7.41. The molecule has 1 aliphatic carbocycles. The maximum Gasteiger partial charge on any atom is 0.248 e. The first kappa shape index (κ1) is 26.9. The number of nitrogens with zero attached hydrogens (tertiary/aromatic N) is 3. The van der Waals surface area contributed by atoms with Gasteiger partial charge in [-0.05, 0) is 39.0 Å². The van der Waals surface area contributed by atoms with Gasteiger partial charge in [-0.1, -0.05) is 38.3 Å². The van der Waals surface area contributed by atoms with Crippen molar-refractivity contribution in [3.05, 3.63) is 25.3 Å². The first-order valence-electron chi connectivity index (χ1n) is 13.5. The van der Waals surface area contributed by atoms with Crippen molar-refractivity contribution in [2.75, 3.05) is 26.7 Å².